The zero-order valence-corrected chi connectivity index (χ0v) is 27.0. The number of likely N-dealkylation sites (N-methyl/N-ethyl adjacent to an activating group) is 1. The summed E-state index contributed by atoms with van der Waals surface area (Å²) in [5, 5.41) is 25.5. The molecule has 4 rings (SSSR count). The number of aryl methyl sites for hydroxylation is 2. The van der Waals surface area contributed by atoms with E-state index in [9.17, 15) is 24.9 Å². The highest BCUT2D eigenvalue weighted by Gasteiger charge is 2.35. The Morgan fingerprint density at radius 1 is 0.891 bits per heavy atom. The first-order chi connectivity index (χ1) is 21.7. The van der Waals surface area contributed by atoms with Gasteiger partial charge in [0.05, 0.1) is 48.1 Å². The Balaban J connectivity index is 1.63. The Hall–Kier alpha value is -4.93. The number of hydrogen-bond acceptors (Lipinski definition) is 8. The first-order valence-electron chi connectivity index (χ1n) is 15.0. The summed E-state index contributed by atoms with van der Waals surface area (Å²) >= 11 is 0. The second kappa shape index (κ2) is 14.0. The number of benzene rings is 3. The fourth-order valence-corrected chi connectivity index (χ4v) is 6.03. The van der Waals surface area contributed by atoms with Crippen molar-refractivity contribution in [3.05, 3.63) is 134 Å². The SMILES string of the molecule is COC(=O)c1c(C)nc(C)c(C(=O)OC(C)(C)C[N+](C)([O-])CCC(c2ccccc2)c2ccccc2)c1-c1cccc([N+](=O)[O-])c1. The normalized spacial score (nSPS) is 12.8. The van der Waals surface area contributed by atoms with Crippen molar-refractivity contribution in [1.29, 1.82) is 0 Å². The van der Waals surface area contributed by atoms with E-state index in [4.69, 9.17) is 9.47 Å². The van der Waals surface area contributed by atoms with Crippen LogP contribution in [-0.4, -0.2) is 59.3 Å². The summed E-state index contributed by atoms with van der Waals surface area (Å²) in [5.41, 5.74) is 1.66. The van der Waals surface area contributed by atoms with Crippen LogP contribution in [0.3, 0.4) is 0 Å². The predicted octanol–water partition coefficient (Wildman–Crippen LogP) is 7.16. The summed E-state index contributed by atoms with van der Waals surface area (Å²) < 4.78 is 10.3. The standard InChI is InChI=1S/C36H39N3O7/c1-24-31(34(40)45-6)33(28-18-13-19-29(22-28)38(42)43)32(25(2)37-24)35(41)46-36(3,4)23-39(5,44)21-20-30(26-14-9-7-10-15-26)27-16-11-8-12-17-27/h7-19,22,30H,20-21,23H2,1-6H3. The molecule has 0 bridgehead atoms. The molecule has 4 aromatic rings. The first-order valence-corrected chi connectivity index (χ1v) is 15.0. The quantitative estimate of drug-likeness (QED) is 0.0701. The number of nitro groups is 1. The van der Waals surface area contributed by atoms with Crippen molar-refractivity contribution in [2.45, 2.75) is 45.6 Å². The van der Waals surface area contributed by atoms with Gasteiger partial charge in [-0.3, -0.25) is 15.1 Å². The molecule has 0 aliphatic rings. The van der Waals surface area contributed by atoms with Crippen LogP contribution in [0.5, 0.6) is 0 Å². The number of hydrogen-bond donors (Lipinski definition) is 0. The van der Waals surface area contributed by atoms with Crippen LogP contribution in [-0.2, 0) is 9.47 Å². The second-order valence-corrected chi connectivity index (χ2v) is 12.2. The number of methoxy groups -OCH3 is 1. The molecule has 46 heavy (non-hydrogen) atoms. The smallest absolute Gasteiger partial charge is 0.341 e. The molecule has 0 spiro atoms. The van der Waals surface area contributed by atoms with Crippen LogP contribution in [0.2, 0.25) is 0 Å². The number of nitro benzene ring substituents is 1. The number of pyridine rings is 1. The number of ether oxygens (including phenoxy) is 2. The molecule has 0 aliphatic carbocycles. The summed E-state index contributed by atoms with van der Waals surface area (Å²) in [6, 6.07) is 25.7. The number of nitrogens with zero attached hydrogens (tertiary/aromatic N) is 3. The molecule has 240 valence electrons. The average molecular weight is 626 g/mol. The molecular weight excluding hydrogens is 586 g/mol. The number of non-ortho nitro benzene ring substituents is 1. The zero-order chi connectivity index (χ0) is 33.6. The third kappa shape index (κ3) is 8.01. The summed E-state index contributed by atoms with van der Waals surface area (Å²) in [7, 11) is 2.76. The van der Waals surface area contributed by atoms with E-state index >= 15 is 0 Å². The van der Waals surface area contributed by atoms with Crippen LogP contribution in [0.1, 0.15) is 69.4 Å². The molecule has 10 nitrogen and oxygen atoms in total. The van der Waals surface area contributed by atoms with E-state index in [1.54, 1.807) is 40.8 Å². The molecule has 3 aromatic carbocycles. The molecule has 1 aromatic heterocycles. The maximum atomic E-state index is 13.9. The molecule has 0 N–H and O–H groups in total. The lowest BCUT2D eigenvalue weighted by Gasteiger charge is -2.44. The van der Waals surface area contributed by atoms with Crippen LogP contribution in [0.25, 0.3) is 11.1 Å². The molecule has 1 heterocycles. The number of carbonyl (C=O) groups excluding carboxylic acids is 2. The van der Waals surface area contributed by atoms with Crippen LogP contribution < -0.4 is 0 Å². The van der Waals surface area contributed by atoms with Crippen molar-refractivity contribution < 1.29 is 28.6 Å². The summed E-state index contributed by atoms with van der Waals surface area (Å²) in [4.78, 5) is 42.3. The van der Waals surface area contributed by atoms with Crippen molar-refractivity contribution >= 4 is 17.6 Å². The van der Waals surface area contributed by atoms with Gasteiger partial charge in [-0.15, -0.1) is 0 Å². The fourth-order valence-electron chi connectivity index (χ4n) is 6.03. The Morgan fingerprint density at radius 2 is 1.43 bits per heavy atom. The van der Waals surface area contributed by atoms with Gasteiger partial charge in [-0.25, -0.2) is 9.59 Å². The summed E-state index contributed by atoms with van der Waals surface area (Å²) in [6.07, 6.45) is 0.568. The molecular formula is C36H39N3O7. The van der Waals surface area contributed by atoms with Crippen molar-refractivity contribution in [3.63, 3.8) is 0 Å². The van der Waals surface area contributed by atoms with Crippen LogP contribution in [0.15, 0.2) is 84.9 Å². The third-order valence-electron chi connectivity index (χ3n) is 7.88. The molecule has 0 saturated heterocycles. The Bertz CT molecular complexity index is 1680. The minimum atomic E-state index is -1.23. The van der Waals surface area contributed by atoms with Crippen LogP contribution in [0, 0.1) is 29.2 Å². The molecule has 0 fully saturated rings. The van der Waals surface area contributed by atoms with E-state index in [1.165, 1.54) is 25.3 Å². The van der Waals surface area contributed by atoms with Gasteiger partial charge in [0, 0.05) is 30.0 Å². The minimum absolute atomic E-state index is 0.00401. The molecule has 0 aliphatic heterocycles. The van der Waals surface area contributed by atoms with Gasteiger partial charge in [0.25, 0.3) is 5.69 Å². The van der Waals surface area contributed by atoms with Crippen molar-refractivity contribution in [2.75, 3.05) is 27.2 Å². The summed E-state index contributed by atoms with van der Waals surface area (Å²) in [6.45, 7) is 6.72. The lowest BCUT2D eigenvalue weighted by atomic mass is 9.88. The molecule has 10 heteroatoms. The maximum Gasteiger partial charge on any atom is 0.341 e. The van der Waals surface area contributed by atoms with E-state index in [2.05, 4.69) is 29.2 Å². The number of esters is 2. The van der Waals surface area contributed by atoms with Crippen molar-refractivity contribution in [1.82, 2.24) is 4.98 Å². The Labute approximate surface area is 268 Å². The zero-order valence-electron chi connectivity index (χ0n) is 27.0. The van der Waals surface area contributed by atoms with Gasteiger partial charge in [0.15, 0.2) is 5.60 Å². The molecule has 0 radical (unpaired) electrons. The Kier molecular flexibility index (Phi) is 10.3. The summed E-state index contributed by atoms with van der Waals surface area (Å²) in [5.74, 6) is -1.56. The lowest BCUT2D eigenvalue weighted by molar-refractivity contribution is -0.867. The average Bonchev–Trinajstić information content (AvgIpc) is 3.00. The van der Waals surface area contributed by atoms with Gasteiger partial charge < -0.3 is 19.3 Å². The van der Waals surface area contributed by atoms with Crippen LogP contribution in [0.4, 0.5) is 5.69 Å². The molecule has 1 unspecified atom stereocenters. The number of rotatable bonds is 12. The molecule has 0 amide bonds. The fraction of sp³-hybridized carbons (Fsp3) is 0.306. The number of aromatic nitrogens is 1. The van der Waals surface area contributed by atoms with Gasteiger partial charge in [0.2, 0.25) is 0 Å². The largest absolute Gasteiger partial charge is 0.633 e. The predicted molar refractivity (Wildman–Crippen MR) is 175 cm³/mol. The number of quaternary nitrogens is 1. The monoisotopic (exact) mass is 625 g/mol. The van der Waals surface area contributed by atoms with Crippen molar-refractivity contribution in [3.8, 4) is 11.1 Å². The van der Waals surface area contributed by atoms with Gasteiger partial charge >= 0.3 is 11.9 Å². The highest BCUT2D eigenvalue weighted by atomic mass is 16.6. The molecule has 0 saturated carbocycles. The second-order valence-electron chi connectivity index (χ2n) is 12.2. The highest BCUT2D eigenvalue weighted by Crippen LogP contribution is 2.35. The van der Waals surface area contributed by atoms with E-state index in [0.717, 1.165) is 11.1 Å². The van der Waals surface area contributed by atoms with Gasteiger partial charge in [-0.05, 0) is 44.4 Å². The lowest BCUT2D eigenvalue weighted by Crippen LogP contribution is -2.50. The van der Waals surface area contributed by atoms with Gasteiger partial charge in [-0.1, -0.05) is 72.8 Å². The Morgan fingerprint density at radius 3 is 1.96 bits per heavy atom. The topological polar surface area (TPSA) is 132 Å². The minimum Gasteiger partial charge on any atom is -0.633 e. The third-order valence-corrected chi connectivity index (χ3v) is 7.88. The van der Waals surface area contributed by atoms with E-state index < -0.39 is 27.1 Å². The van der Waals surface area contributed by atoms with E-state index in [1.807, 2.05) is 36.4 Å². The van der Waals surface area contributed by atoms with Crippen molar-refractivity contribution in [2.24, 2.45) is 0 Å². The van der Waals surface area contributed by atoms with E-state index in [0.29, 0.717) is 6.42 Å². The molecule has 1 atom stereocenters. The van der Waals surface area contributed by atoms with E-state index in [-0.39, 0.29) is 58.3 Å². The maximum absolute atomic E-state index is 13.9. The first kappa shape index (κ1) is 34.0. The highest BCUT2D eigenvalue weighted by molar-refractivity contribution is 6.07. The van der Waals surface area contributed by atoms with Gasteiger partial charge in [-0.2, -0.15) is 0 Å². The van der Waals surface area contributed by atoms with Gasteiger partial charge in [0.1, 0.15) is 6.54 Å². The number of carbonyl (C=O) groups is 2. The van der Waals surface area contributed by atoms with Crippen LogP contribution >= 0.6 is 0 Å². The number of hydroxylamine groups is 3.